The number of nitrogens with zero attached hydrogens (tertiary/aromatic N) is 2. The molecule has 0 spiro atoms. The number of alkyl halides is 3. The Bertz CT molecular complexity index is 1920. The van der Waals surface area contributed by atoms with Gasteiger partial charge in [0.25, 0.3) is 11.5 Å². The number of amides is 1. The van der Waals surface area contributed by atoms with Crippen LogP contribution in [-0.2, 0) is 11.0 Å². The number of nitriles is 1. The minimum absolute atomic E-state index is 0.114. The van der Waals surface area contributed by atoms with Gasteiger partial charge < -0.3 is 9.73 Å². The van der Waals surface area contributed by atoms with Gasteiger partial charge in [0, 0.05) is 17.3 Å². The molecule has 0 unspecified atom stereocenters. The van der Waals surface area contributed by atoms with Crippen molar-refractivity contribution in [3.05, 3.63) is 128 Å². The van der Waals surface area contributed by atoms with E-state index in [2.05, 4.69) is 5.32 Å². The summed E-state index contributed by atoms with van der Waals surface area (Å²) in [4.78, 5) is 26.6. The molecule has 5 rings (SSSR count). The number of halogens is 3. The van der Waals surface area contributed by atoms with Crippen molar-refractivity contribution >= 4 is 34.6 Å². The fourth-order valence-corrected chi connectivity index (χ4v) is 5.02. The average molecular weight is 558 g/mol. The van der Waals surface area contributed by atoms with Crippen molar-refractivity contribution in [2.45, 2.75) is 6.18 Å². The lowest BCUT2D eigenvalue weighted by Crippen LogP contribution is -2.32. The molecule has 0 aliphatic carbocycles. The number of thiazole rings is 1. The predicted molar refractivity (Wildman–Crippen MR) is 146 cm³/mol. The lowest BCUT2D eigenvalue weighted by atomic mass is 10.1. The zero-order chi connectivity index (χ0) is 28.3. The van der Waals surface area contributed by atoms with E-state index in [0.29, 0.717) is 11.4 Å². The van der Waals surface area contributed by atoms with Crippen LogP contribution < -0.4 is 20.1 Å². The van der Waals surface area contributed by atoms with Crippen LogP contribution in [0, 0.1) is 11.3 Å². The molecule has 0 bridgehead atoms. The smallest absolute Gasteiger partial charge is 0.416 e. The molecule has 10 heteroatoms. The molecule has 6 nitrogen and oxygen atoms in total. The Morgan fingerprint density at radius 1 is 0.950 bits per heavy atom. The molecular weight excluding hydrogens is 539 g/mol. The van der Waals surface area contributed by atoms with Gasteiger partial charge in [-0.25, -0.2) is 0 Å². The van der Waals surface area contributed by atoms with Gasteiger partial charge in [-0.1, -0.05) is 48.5 Å². The van der Waals surface area contributed by atoms with Gasteiger partial charge in [0.15, 0.2) is 5.57 Å². The number of nitrogens with one attached hydrogen (secondary N) is 1. The second-order valence-electron chi connectivity index (χ2n) is 8.48. The van der Waals surface area contributed by atoms with Gasteiger partial charge in [-0.05, 0) is 48.5 Å². The van der Waals surface area contributed by atoms with Crippen LogP contribution >= 0.6 is 11.3 Å². The first-order valence-electron chi connectivity index (χ1n) is 11.8. The summed E-state index contributed by atoms with van der Waals surface area (Å²) in [6.45, 7) is 0. The number of aromatic nitrogens is 1. The van der Waals surface area contributed by atoms with Gasteiger partial charge >= 0.3 is 6.18 Å². The van der Waals surface area contributed by atoms with E-state index in [1.165, 1.54) is 34.9 Å². The molecule has 0 saturated carbocycles. The molecule has 2 aromatic heterocycles. The maximum atomic E-state index is 13.5. The molecule has 1 amide bonds. The lowest BCUT2D eigenvalue weighted by Gasteiger charge is -2.07. The van der Waals surface area contributed by atoms with Crippen molar-refractivity contribution in [2.75, 3.05) is 5.32 Å². The molecule has 198 valence electrons. The second kappa shape index (κ2) is 10.9. The number of para-hydroxylation sites is 2. The van der Waals surface area contributed by atoms with E-state index in [0.717, 1.165) is 23.5 Å². The highest BCUT2D eigenvalue weighted by molar-refractivity contribution is 7.07. The molecule has 0 atom stereocenters. The SMILES string of the molecule is N#C/C(C(=O)Nc1ccccc1)=c1\s/c(=C/c2ccc(-c3cccc(C(F)(F)F)c3)o2)c(=O)n1-c1ccccc1. The standard InChI is InChI=1S/C30H18F3N3O3S/c31-30(32,33)20-9-7-8-19(16-20)25-15-14-23(39-25)17-26-28(38)36(22-12-5-2-6-13-22)29(40-26)24(18-34)27(37)35-21-10-3-1-4-11-21/h1-17H,(H,35,37)/b26-17+,29-24+. The predicted octanol–water partition coefficient (Wildman–Crippen LogP) is 5.32. The van der Waals surface area contributed by atoms with Crippen LogP contribution in [0.3, 0.4) is 0 Å². The van der Waals surface area contributed by atoms with Crippen molar-refractivity contribution in [3.8, 4) is 23.1 Å². The highest BCUT2D eigenvalue weighted by Gasteiger charge is 2.30. The summed E-state index contributed by atoms with van der Waals surface area (Å²) in [5, 5.41) is 12.6. The number of anilines is 1. The number of rotatable bonds is 5. The van der Waals surface area contributed by atoms with Crippen molar-refractivity contribution in [1.29, 1.82) is 5.26 Å². The first-order valence-corrected chi connectivity index (χ1v) is 12.6. The van der Waals surface area contributed by atoms with Crippen molar-refractivity contribution in [2.24, 2.45) is 0 Å². The molecule has 0 saturated heterocycles. The topological polar surface area (TPSA) is 88.0 Å². The molecule has 0 aliphatic heterocycles. The molecule has 2 heterocycles. The van der Waals surface area contributed by atoms with Gasteiger partial charge in [0.1, 0.15) is 22.3 Å². The largest absolute Gasteiger partial charge is 0.457 e. The molecule has 1 N–H and O–H groups in total. The Morgan fingerprint density at radius 3 is 2.33 bits per heavy atom. The highest BCUT2D eigenvalue weighted by atomic mass is 32.1. The Kier molecular flexibility index (Phi) is 7.23. The molecule has 0 aliphatic rings. The van der Waals surface area contributed by atoms with Crippen LogP contribution in [0.15, 0.2) is 106 Å². The van der Waals surface area contributed by atoms with Gasteiger partial charge in [-0.15, -0.1) is 11.3 Å². The summed E-state index contributed by atoms with van der Waals surface area (Å²) in [5.74, 6) is -0.287. The van der Waals surface area contributed by atoms with Crippen LogP contribution in [0.1, 0.15) is 11.3 Å². The number of hydrogen-bond donors (Lipinski definition) is 1. The van der Waals surface area contributed by atoms with Gasteiger partial charge in [0.2, 0.25) is 0 Å². The summed E-state index contributed by atoms with van der Waals surface area (Å²) < 4.78 is 46.7. The van der Waals surface area contributed by atoms with E-state index in [1.54, 1.807) is 60.7 Å². The summed E-state index contributed by atoms with van der Waals surface area (Å²) >= 11 is 0.924. The number of furan rings is 1. The average Bonchev–Trinajstić information content (AvgIpc) is 3.54. The second-order valence-corrected chi connectivity index (χ2v) is 9.51. The fourth-order valence-electron chi connectivity index (χ4n) is 3.94. The molecule has 5 aromatic rings. The fraction of sp³-hybridized carbons (Fsp3) is 0.0333. The van der Waals surface area contributed by atoms with Crippen molar-refractivity contribution in [1.82, 2.24) is 4.57 Å². The van der Waals surface area contributed by atoms with E-state index >= 15 is 0 Å². The Balaban J connectivity index is 1.63. The quantitative estimate of drug-likeness (QED) is 0.317. The minimum atomic E-state index is -4.50. The third kappa shape index (κ3) is 5.50. The van der Waals surface area contributed by atoms with Gasteiger partial charge in [0.05, 0.1) is 15.8 Å². The summed E-state index contributed by atoms with van der Waals surface area (Å²) in [6, 6.07) is 26.8. The summed E-state index contributed by atoms with van der Waals surface area (Å²) in [5.41, 5.74) is -0.422. The van der Waals surface area contributed by atoms with Crippen LogP contribution in [0.25, 0.3) is 28.7 Å². The molecule has 0 radical (unpaired) electrons. The molecule has 0 fully saturated rings. The van der Waals surface area contributed by atoms with Crippen LogP contribution in [-0.4, -0.2) is 10.5 Å². The number of carbonyl (C=O) groups is 1. The maximum absolute atomic E-state index is 13.5. The van der Waals surface area contributed by atoms with Crippen LogP contribution in [0.5, 0.6) is 0 Å². The maximum Gasteiger partial charge on any atom is 0.416 e. The van der Waals surface area contributed by atoms with Crippen LogP contribution in [0.4, 0.5) is 18.9 Å². The normalized spacial score (nSPS) is 12.6. The molecular formula is C30H18F3N3O3S. The summed E-state index contributed by atoms with van der Waals surface area (Å²) in [7, 11) is 0. The third-order valence-electron chi connectivity index (χ3n) is 5.80. The van der Waals surface area contributed by atoms with Crippen molar-refractivity contribution < 1.29 is 22.4 Å². The Morgan fingerprint density at radius 2 is 1.65 bits per heavy atom. The van der Waals surface area contributed by atoms with Gasteiger partial charge in [-0.3, -0.25) is 14.2 Å². The third-order valence-corrected chi connectivity index (χ3v) is 6.89. The first kappa shape index (κ1) is 26.5. The van der Waals surface area contributed by atoms with E-state index in [4.69, 9.17) is 4.42 Å². The van der Waals surface area contributed by atoms with E-state index < -0.39 is 23.2 Å². The van der Waals surface area contributed by atoms with Gasteiger partial charge in [-0.2, -0.15) is 18.4 Å². The number of hydrogen-bond acceptors (Lipinski definition) is 5. The highest BCUT2D eigenvalue weighted by Crippen LogP contribution is 2.32. The van der Waals surface area contributed by atoms with Crippen LogP contribution in [0.2, 0.25) is 0 Å². The van der Waals surface area contributed by atoms with E-state index in [-0.39, 0.29) is 31.9 Å². The molecule has 3 aromatic carbocycles. The van der Waals surface area contributed by atoms with Crippen molar-refractivity contribution in [3.63, 3.8) is 0 Å². The van der Waals surface area contributed by atoms with E-state index in [9.17, 15) is 28.0 Å². The Labute approximate surface area is 229 Å². The Hall–Kier alpha value is -5.14. The zero-order valence-corrected chi connectivity index (χ0v) is 21.3. The minimum Gasteiger partial charge on any atom is -0.457 e. The number of benzene rings is 3. The first-order chi connectivity index (χ1) is 19.2. The number of carbonyl (C=O) groups excluding carboxylic acids is 1. The monoisotopic (exact) mass is 557 g/mol. The zero-order valence-electron chi connectivity index (χ0n) is 20.5. The molecule has 40 heavy (non-hydrogen) atoms. The van der Waals surface area contributed by atoms with E-state index in [1.807, 2.05) is 6.07 Å². The summed E-state index contributed by atoms with van der Waals surface area (Å²) in [6.07, 6.45) is -3.08. The lowest BCUT2D eigenvalue weighted by molar-refractivity contribution is -0.137.